The fraction of sp³-hybridized carbons (Fsp3) is 1.00. The summed E-state index contributed by atoms with van der Waals surface area (Å²) in [7, 11) is 4.23. The van der Waals surface area contributed by atoms with Crippen molar-refractivity contribution < 1.29 is 0 Å². The standard InChI is InChI=1S/C13H29N3/c1-4-12-5-7-13(11-14,8-6-12)15-9-10-16(2)3/h12,15H,4-11,14H2,1-3H3. The van der Waals surface area contributed by atoms with E-state index in [1.54, 1.807) is 0 Å². The Bertz CT molecular complexity index is 184. The molecular weight excluding hydrogens is 198 g/mol. The van der Waals surface area contributed by atoms with E-state index >= 15 is 0 Å². The predicted octanol–water partition coefficient (Wildman–Crippen LogP) is 1.44. The van der Waals surface area contributed by atoms with Crippen molar-refractivity contribution in [2.24, 2.45) is 11.7 Å². The van der Waals surface area contributed by atoms with E-state index in [9.17, 15) is 0 Å². The maximum absolute atomic E-state index is 5.97. The van der Waals surface area contributed by atoms with Crippen molar-refractivity contribution in [1.29, 1.82) is 0 Å². The molecule has 1 aliphatic rings. The number of nitrogens with one attached hydrogen (secondary N) is 1. The van der Waals surface area contributed by atoms with E-state index in [2.05, 4.69) is 31.2 Å². The average Bonchev–Trinajstić information content (AvgIpc) is 2.29. The lowest BCUT2D eigenvalue weighted by molar-refractivity contribution is 0.186. The summed E-state index contributed by atoms with van der Waals surface area (Å²) >= 11 is 0. The Balaban J connectivity index is 2.34. The van der Waals surface area contributed by atoms with Crippen LogP contribution in [-0.4, -0.2) is 44.2 Å². The summed E-state index contributed by atoms with van der Waals surface area (Å²) in [5, 5.41) is 3.69. The molecule has 96 valence electrons. The molecule has 0 aromatic carbocycles. The van der Waals surface area contributed by atoms with Gasteiger partial charge in [-0.3, -0.25) is 0 Å². The molecule has 0 aliphatic heterocycles. The minimum Gasteiger partial charge on any atom is -0.329 e. The van der Waals surface area contributed by atoms with Gasteiger partial charge in [0.2, 0.25) is 0 Å². The van der Waals surface area contributed by atoms with Crippen LogP contribution in [0, 0.1) is 5.92 Å². The normalized spacial score (nSPS) is 30.9. The summed E-state index contributed by atoms with van der Waals surface area (Å²) in [4.78, 5) is 2.22. The van der Waals surface area contributed by atoms with Crippen molar-refractivity contribution in [1.82, 2.24) is 10.2 Å². The highest BCUT2D eigenvalue weighted by Crippen LogP contribution is 2.32. The van der Waals surface area contributed by atoms with Crippen molar-refractivity contribution in [3.63, 3.8) is 0 Å². The van der Waals surface area contributed by atoms with E-state index < -0.39 is 0 Å². The quantitative estimate of drug-likeness (QED) is 0.721. The van der Waals surface area contributed by atoms with Crippen molar-refractivity contribution in [2.45, 2.75) is 44.6 Å². The van der Waals surface area contributed by atoms with E-state index in [4.69, 9.17) is 5.73 Å². The van der Waals surface area contributed by atoms with Gasteiger partial charge in [0, 0.05) is 25.2 Å². The number of nitrogens with zero attached hydrogens (tertiary/aromatic N) is 1. The Kier molecular flexibility index (Phi) is 5.73. The first-order valence-corrected chi connectivity index (χ1v) is 6.71. The molecule has 3 nitrogen and oxygen atoms in total. The van der Waals surface area contributed by atoms with Gasteiger partial charge in [-0.1, -0.05) is 13.3 Å². The van der Waals surface area contributed by atoms with Crippen LogP contribution in [0.1, 0.15) is 39.0 Å². The van der Waals surface area contributed by atoms with Crippen LogP contribution in [0.15, 0.2) is 0 Å². The lowest BCUT2D eigenvalue weighted by Gasteiger charge is -2.40. The van der Waals surface area contributed by atoms with Crippen LogP contribution in [0.3, 0.4) is 0 Å². The number of rotatable bonds is 6. The summed E-state index contributed by atoms with van der Waals surface area (Å²) in [5.74, 6) is 0.940. The zero-order valence-electron chi connectivity index (χ0n) is 11.3. The highest BCUT2D eigenvalue weighted by atomic mass is 15.1. The number of hydrogen-bond acceptors (Lipinski definition) is 3. The third kappa shape index (κ3) is 4.04. The first-order chi connectivity index (χ1) is 7.62. The molecule has 1 saturated carbocycles. The van der Waals surface area contributed by atoms with Gasteiger partial charge in [-0.05, 0) is 45.7 Å². The molecular formula is C13H29N3. The van der Waals surface area contributed by atoms with Gasteiger partial charge in [0.05, 0.1) is 0 Å². The van der Waals surface area contributed by atoms with Crippen LogP contribution in [-0.2, 0) is 0 Å². The lowest BCUT2D eigenvalue weighted by atomic mass is 9.75. The van der Waals surface area contributed by atoms with Gasteiger partial charge >= 0.3 is 0 Å². The molecule has 0 aromatic heterocycles. The minimum absolute atomic E-state index is 0.238. The zero-order chi connectivity index (χ0) is 12.0. The van der Waals surface area contributed by atoms with Crippen molar-refractivity contribution in [3.05, 3.63) is 0 Å². The lowest BCUT2D eigenvalue weighted by Crippen LogP contribution is -2.54. The Morgan fingerprint density at radius 1 is 1.31 bits per heavy atom. The third-order valence-electron chi connectivity index (χ3n) is 4.09. The molecule has 0 saturated heterocycles. The van der Waals surface area contributed by atoms with E-state index in [1.165, 1.54) is 32.1 Å². The van der Waals surface area contributed by atoms with Crippen LogP contribution in [0.5, 0.6) is 0 Å². The molecule has 1 rings (SSSR count). The van der Waals surface area contributed by atoms with Crippen LogP contribution < -0.4 is 11.1 Å². The molecule has 0 aromatic rings. The molecule has 3 heteroatoms. The molecule has 0 bridgehead atoms. The van der Waals surface area contributed by atoms with Crippen LogP contribution in [0.4, 0.5) is 0 Å². The summed E-state index contributed by atoms with van der Waals surface area (Å²) < 4.78 is 0. The second-order valence-corrected chi connectivity index (χ2v) is 5.57. The van der Waals surface area contributed by atoms with Gasteiger partial charge in [-0.25, -0.2) is 0 Å². The number of likely N-dealkylation sites (N-methyl/N-ethyl adjacent to an activating group) is 1. The molecule has 0 unspecified atom stereocenters. The van der Waals surface area contributed by atoms with Crippen LogP contribution in [0.2, 0.25) is 0 Å². The molecule has 16 heavy (non-hydrogen) atoms. The Morgan fingerprint density at radius 2 is 1.94 bits per heavy atom. The first-order valence-electron chi connectivity index (χ1n) is 6.71. The maximum atomic E-state index is 5.97. The Labute approximate surface area is 101 Å². The fourth-order valence-corrected chi connectivity index (χ4v) is 2.64. The summed E-state index contributed by atoms with van der Waals surface area (Å²) in [5.41, 5.74) is 6.20. The van der Waals surface area contributed by atoms with Crippen LogP contribution >= 0.6 is 0 Å². The number of nitrogens with two attached hydrogens (primary N) is 1. The molecule has 0 spiro atoms. The second kappa shape index (κ2) is 6.58. The number of hydrogen-bond donors (Lipinski definition) is 2. The molecule has 1 fully saturated rings. The summed E-state index contributed by atoms with van der Waals surface area (Å²) in [6, 6.07) is 0. The smallest absolute Gasteiger partial charge is 0.0304 e. The van der Waals surface area contributed by atoms with Crippen molar-refractivity contribution >= 4 is 0 Å². The van der Waals surface area contributed by atoms with Gasteiger partial charge in [0.25, 0.3) is 0 Å². The molecule has 0 heterocycles. The average molecular weight is 227 g/mol. The van der Waals surface area contributed by atoms with Gasteiger partial charge in [-0.15, -0.1) is 0 Å². The Morgan fingerprint density at radius 3 is 2.38 bits per heavy atom. The van der Waals surface area contributed by atoms with Gasteiger partial charge in [0.15, 0.2) is 0 Å². The van der Waals surface area contributed by atoms with Gasteiger partial charge in [0.1, 0.15) is 0 Å². The zero-order valence-corrected chi connectivity index (χ0v) is 11.3. The molecule has 0 atom stereocenters. The fourth-order valence-electron chi connectivity index (χ4n) is 2.64. The molecule has 0 amide bonds. The molecule has 3 N–H and O–H groups in total. The highest BCUT2D eigenvalue weighted by molar-refractivity contribution is 4.93. The van der Waals surface area contributed by atoms with E-state index in [0.29, 0.717) is 0 Å². The topological polar surface area (TPSA) is 41.3 Å². The Hall–Kier alpha value is -0.120. The predicted molar refractivity (Wildman–Crippen MR) is 70.6 cm³/mol. The largest absolute Gasteiger partial charge is 0.329 e. The minimum atomic E-state index is 0.238. The van der Waals surface area contributed by atoms with Crippen molar-refractivity contribution in [3.8, 4) is 0 Å². The molecule has 0 radical (unpaired) electrons. The first kappa shape index (κ1) is 13.9. The van der Waals surface area contributed by atoms with E-state index in [0.717, 1.165) is 25.6 Å². The monoisotopic (exact) mass is 227 g/mol. The van der Waals surface area contributed by atoms with Gasteiger partial charge in [-0.2, -0.15) is 0 Å². The van der Waals surface area contributed by atoms with E-state index in [1.807, 2.05) is 0 Å². The summed E-state index contributed by atoms with van der Waals surface area (Å²) in [6.07, 6.45) is 6.55. The molecule has 1 aliphatic carbocycles. The van der Waals surface area contributed by atoms with Gasteiger partial charge < -0.3 is 16.0 Å². The van der Waals surface area contributed by atoms with E-state index in [-0.39, 0.29) is 5.54 Å². The maximum Gasteiger partial charge on any atom is 0.0304 e. The van der Waals surface area contributed by atoms with Crippen LogP contribution in [0.25, 0.3) is 0 Å². The highest BCUT2D eigenvalue weighted by Gasteiger charge is 2.32. The van der Waals surface area contributed by atoms with Crippen molar-refractivity contribution in [2.75, 3.05) is 33.7 Å². The third-order valence-corrected chi connectivity index (χ3v) is 4.09. The summed E-state index contributed by atoms with van der Waals surface area (Å²) in [6.45, 7) is 5.25. The SMILES string of the molecule is CCC1CCC(CN)(NCCN(C)C)CC1. The second-order valence-electron chi connectivity index (χ2n) is 5.57.